The van der Waals surface area contributed by atoms with E-state index in [2.05, 4.69) is 42.4 Å². The number of hydrogen-bond donors (Lipinski definition) is 0. The van der Waals surface area contributed by atoms with E-state index in [9.17, 15) is 4.79 Å². The first kappa shape index (κ1) is 26.2. The fraction of sp³-hybridized carbons (Fsp3) is 0.333. The van der Waals surface area contributed by atoms with Crippen molar-refractivity contribution in [2.75, 3.05) is 39.4 Å². The molecule has 2 aliphatic heterocycles. The number of benzene rings is 2. The summed E-state index contributed by atoms with van der Waals surface area (Å²) >= 11 is 0. The van der Waals surface area contributed by atoms with Gasteiger partial charge >= 0.3 is 0 Å². The number of amides is 1. The largest absolute Gasteiger partial charge is 0.488 e. The van der Waals surface area contributed by atoms with Crippen LogP contribution in [0.5, 0.6) is 5.75 Å². The van der Waals surface area contributed by atoms with E-state index in [4.69, 9.17) is 13.9 Å². The van der Waals surface area contributed by atoms with Crippen molar-refractivity contribution in [3.63, 3.8) is 0 Å². The van der Waals surface area contributed by atoms with Gasteiger partial charge in [0, 0.05) is 50.4 Å². The fourth-order valence-corrected chi connectivity index (χ4v) is 5.49. The molecule has 0 aliphatic carbocycles. The van der Waals surface area contributed by atoms with Crippen LogP contribution in [0, 0.1) is 0 Å². The summed E-state index contributed by atoms with van der Waals surface area (Å²) in [7, 11) is 1.76. The number of aromatic nitrogens is 6. The smallest absolute Gasteiger partial charge is 0.272 e. The Labute approximate surface area is 241 Å². The van der Waals surface area contributed by atoms with E-state index in [-0.39, 0.29) is 18.1 Å². The summed E-state index contributed by atoms with van der Waals surface area (Å²) < 4.78 is 17.4. The van der Waals surface area contributed by atoms with Crippen LogP contribution in [0.4, 0.5) is 0 Å². The predicted octanol–water partition coefficient (Wildman–Crippen LogP) is 3.13. The lowest BCUT2D eigenvalue weighted by molar-refractivity contribution is 0.0586. The summed E-state index contributed by atoms with van der Waals surface area (Å²) in [5.74, 6) is 1.67. The number of aryl methyl sites for hydroxylation is 1. The highest BCUT2D eigenvalue weighted by molar-refractivity contribution is 5.93. The highest BCUT2D eigenvalue weighted by atomic mass is 16.5. The molecule has 0 saturated carbocycles. The Balaban J connectivity index is 1.05. The molecule has 7 rings (SSSR count). The third kappa shape index (κ3) is 5.33. The van der Waals surface area contributed by atoms with Crippen LogP contribution in [0.2, 0.25) is 0 Å². The predicted molar refractivity (Wildman–Crippen MR) is 152 cm³/mol. The standard InChI is InChI=1S/C30H30N8O4/c1-36-34-28(33-35-36)27(20-5-3-2-4-6-20)37-12-14-38(15-13-37)30(39)25-17-21(9-11-31-25)29-32-24-18-22(7-8-26(24)42-29)41-23-10-16-40-19-23/h2-9,11,17-18,23,27H,10,12-16,19H2,1H3/t23-,27-/m0/s1. The van der Waals surface area contributed by atoms with E-state index in [0.29, 0.717) is 73.5 Å². The van der Waals surface area contributed by atoms with Crippen LogP contribution in [-0.2, 0) is 11.8 Å². The van der Waals surface area contributed by atoms with Gasteiger partial charge in [0.2, 0.25) is 5.89 Å². The van der Waals surface area contributed by atoms with Crippen molar-refractivity contribution in [3.05, 3.63) is 83.9 Å². The number of oxazole rings is 1. The van der Waals surface area contributed by atoms with Crippen LogP contribution in [0.1, 0.15) is 34.3 Å². The number of piperazine rings is 1. The molecule has 2 fully saturated rings. The van der Waals surface area contributed by atoms with Gasteiger partial charge in [0.15, 0.2) is 11.4 Å². The zero-order chi connectivity index (χ0) is 28.5. The van der Waals surface area contributed by atoms with E-state index < -0.39 is 0 Å². The van der Waals surface area contributed by atoms with Crippen molar-refractivity contribution in [1.82, 2.24) is 40.0 Å². The Morgan fingerprint density at radius 3 is 2.67 bits per heavy atom. The number of hydrogen-bond acceptors (Lipinski definition) is 10. The lowest BCUT2D eigenvalue weighted by atomic mass is 10.0. The second-order valence-corrected chi connectivity index (χ2v) is 10.5. The highest BCUT2D eigenvalue weighted by Gasteiger charge is 2.31. The molecular formula is C30H30N8O4. The molecule has 2 atom stereocenters. The maximum Gasteiger partial charge on any atom is 0.272 e. The second-order valence-electron chi connectivity index (χ2n) is 10.5. The van der Waals surface area contributed by atoms with Crippen LogP contribution in [0.3, 0.4) is 0 Å². The Hall–Kier alpha value is -4.68. The van der Waals surface area contributed by atoms with Crippen LogP contribution in [0.15, 0.2) is 71.3 Å². The summed E-state index contributed by atoms with van der Waals surface area (Å²) in [6, 6.07) is 19.1. The highest BCUT2D eigenvalue weighted by Crippen LogP contribution is 2.30. The first-order valence-electron chi connectivity index (χ1n) is 14.0. The molecule has 2 aromatic carbocycles. The van der Waals surface area contributed by atoms with Gasteiger partial charge in [-0.2, -0.15) is 4.80 Å². The molecule has 12 heteroatoms. The number of fused-ring (bicyclic) bond motifs is 1. The summed E-state index contributed by atoms with van der Waals surface area (Å²) in [6.45, 7) is 3.72. The quantitative estimate of drug-likeness (QED) is 0.290. The molecule has 0 unspecified atom stereocenters. The molecule has 214 valence electrons. The SMILES string of the molecule is Cn1nnc([C@H](c2ccccc2)N2CCN(C(=O)c3cc(-c4nc5cc(O[C@H]6CCOC6)ccc5o4)ccn3)CC2)n1. The average molecular weight is 567 g/mol. The molecule has 1 amide bonds. The number of rotatable bonds is 7. The summed E-state index contributed by atoms with van der Waals surface area (Å²) in [6.07, 6.45) is 2.54. The first-order chi connectivity index (χ1) is 20.6. The van der Waals surface area contributed by atoms with Gasteiger partial charge in [-0.3, -0.25) is 14.7 Å². The lowest BCUT2D eigenvalue weighted by Gasteiger charge is -2.38. The topological polar surface area (TPSA) is 125 Å². The molecule has 2 aliphatic rings. The van der Waals surface area contributed by atoms with Crippen LogP contribution < -0.4 is 4.74 Å². The van der Waals surface area contributed by atoms with E-state index in [1.807, 2.05) is 41.3 Å². The van der Waals surface area contributed by atoms with Gasteiger partial charge in [0.1, 0.15) is 23.1 Å². The van der Waals surface area contributed by atoms with Gasteiger partial charge in [-0.1, -0.05) is 30.3 Å². The molecule has 5 heterocycles. The van der Waals surface area contributed by atoms with Crippen molar-refractivity contribution in [2.45, 2.75) is 18.6 Å². The zero-order valence-corrected chi connectivity index (χ0v) is 23.2. The Morgan fingerprint density at radius 2 is 1.90 bits per heavy atom. The molecule has 0 N–H and O–H groups in total. The molecular weight excluding hydrogens is 536 g/mol. The van der Waals surface area contributed by atoms with E-state index in [1.165, 1.54) is 4.80 Å². The average Bonchev–Trinajstić information content (AvgIpc) is 3.80. The van der Waals surface area contributed by atoms with Crippen molar-refractivity contribution in [2.24, 2.45) is 7.05 Å². The monoisotopic (exact) mass is 566 g/mol. The molecule has 3 aromatic heterocycles. The molecule has 12 nitrogen and oxygen atoms in total. The number of carbonyl (C=O) groups is 1. The fourth-order valence-electron chi connectivity index (χ4n) is 5.49. The van der Waals surface area contributed by atoms with Crippen LogP contribution >= 0.6 is 0 Å². The summed E-state index contributed by atoms with van der Waals surface area (Å²) in [4.78, 5) is 28.1. The number of pyridine rings is 1. The third-order valence-electron chi connectivity index (χ3n) is 7.63. The normalized spacial score (nSPS) is 18.4. The van der Waals surface area contributed by atoms with Gasteiger partial charge in [-0.05, 0) is 35.0 Å². The van der Waals surface area contributed by atoms with Crippen molar-refractivity contribution < 1.29 is 18.7 Å². The molecule has 2 saturated heterocycles. The maximum absolute atomic E-state index is 13.5. The molecule has 5 aromatic rings. The van der Waals surface area contributed by atoms with E-state index >= 15 is 0 Å². The molecule has 0 radical (unpaired) electrons. The molecule has 0 bridgehead atoms. The lowest BCUT2D eigenvalue weighted by Crippen LogP contribution is -2.50. The number of carbonyl (C=O) groups excluding carboxylic acids is 1. The second kappa shape index (κ2) is 11.3. The van der Waals surface area contributed by atoms with Crippen molar-refractivity contribution in [3.8, 4) is 17.2 Å². The van der Waals surface area contributed by atoms with Gasteiger partial charge in [-0.25, -0.2) is 4.98 Å². The van der Waals surface area contributed by atoms with Gasteiger partial charge in [-0.15, -0.1) is 10.2 Å². The van der Waals surface area contributed by atoms with Gasteiger partial charge < -0.3 is 18.8 Å². The zero-order valence-electron chi connectivity index (χ0n) is 23.2. The minimum Gasteiger partial charge on any atom is -0.488 e. The molecule has 42 heavy (non-hydrogen) atoms. The van der Waals surface area contributed by atoms with Gasteiger partial charge in [0.25, 0.3) is 5.91 Å². The van der Waals surface area contributed by atoms with E-state index in [0.717, 1.165) is 17.7 Å². The minimum atomic E-state index is -0.143. The van der Waals surface area contributed by atoms with Crippen LogP contribution in [-0.4, -0.2) is 91.4 Å². The Morgan fingerprint density at radius 1 is 1.05 bits per heavy atom. The first-order valence-corrected chi connectivity index (χ1v) is 14.0. The van der Waals surface area contributed by atoms with Crippen LogP contribution in [0.25, 0.3) is 22.6 Å². The number of tetrazole rings is 1. The molecule has 0 spiro atoms. The van der Waals surface area contributed by atoms with Crippen molar-refractivity contribution >= 4 is 17.0 Å². The van der Waals surface area contributed by atoms with Crippen molar-refractivity contribution in [1.29, 1.82) is 0 Å². The van der Waals surface area contributed by atoms with Gasteiger partial charge in [0.05, 0.1) is 26.3 Å². The number of nitrogens with zero attached hydrogens (tertiary/aromatic N) is 8. The minimum absolute atomic E-state index is 0.0531. The Bertz CT molecular complexity index is 1690. The Kier molecular flexibility index (Phi) is 7.06. The summed E-state index contributed by atoms with van der Waals surface area (Å²) in [5.41, 5.74) is 3.46. The summed E-state index contributed by atoms with van der Waals surface area (Å²) in [5, 5.41) is 12.8. The number of ether oxygens (including phenoxy) is 2. The third-order valence-corrected chi connectivity index (χ3v) is 7.63. The maximum atomic E-state index is 13.5. The van der Waals surface area contributed by atoms with E-state index in [1.54, 1.807) is 25.4 Å².